The summed E-state index contributed by atoms with van der Waals surface area (Å²) in [7, 11) is 0. The second-order valence-electron chi connectivity index (χ2n) is 3.02. The molecule has 1 aromatic rings. The van der Waals surface area contributed by atoms with E-state index in [0.717, 1.165) is 12.1 Å². The van der Waals surface area contributed by atoms with Gasteiger partial charge in [-0.1, -0.05) is 0 Å². The van der Waals surface area contributed by atoms with Crippen molar-refractivity contribution in [3.8, 4) is 11.8 Å². The molecular formula is C10H6F5NO. The fourth-order valence-corrected chi connectivity index (χ4v) is 1.10. The molecule has 0 aliphatic heterocycles. The summed E-state index contributed by atoms with van der Waals surface area (Å²) in [4.78, 5) is 0. The van der Waals surface area contributed by atoms with E-state index in [-0.39, 0.29) is 5.56 Å². The molecule has 0 bridgehead atoms. The number of benzene rings is 1. The van der Waals surface area contributed by atoms with E-state index >= 15 is 0 Å². The Morgan fingerprint density at radius 2 is 1.94 bits per heavy atom. The largest absolute Gasteiger partial charge is 0.487 e. The maximum atomic E-state index is 12.5. The van der Waals surface area contributed by atoms with Crippen molar-refractivity contribution in [2.75, 3.05) is 6.61 Å². The SMILES string of the molecule is N#Cc1ccc(OCC(F)F)c(C(F)(F)F)c1. The highest BCUT2D eigenvalue weighted by Crippen LogP contribution is 2.36. The Balaban J connectivity index is 3.08. The monoisotopic (exact) mass is 251 g/mol. The minimum absolute atomic E-state index is 0.221. The molecule has 0 unspecified atom stereocenters. The fourth-order valence-electron chi connectivity index (χ4n) is 1.10. The van der Waals surface area contributed by atoms with E-state index in [1.54, 1.807) is 0 Å². The predicted octanol–water partition coefficient (Wildman–Crippen LogP) is 3.22. The Morgan fingerprint density at radius 3 is 2.41 bits per heavy atom. The van der Waals surface area contributed by atoms with Gasteiger partial charge in [0.2, 0.25) is 0 Å². The molecule has 0 N–H and O–H groups in total. The molecule has 2 nitrogen and oxygen atoms in total. The van der Waals surface area contributed by atoms with Crippen molar-refractivity contribution in [3.63, 3.8) is 0 Å². The molecule has 1 aromatic carbocycles. The molecule has 17 heavy (non-hydrogen) atoms. The Hall–Kier alpha value is -1.84. The highest BCUT2D eigenvalue weighted by Gasteiger charge is 2.34. The summed E-state index contributed by atoms with van der Waals surface area (Å²) in [6.07, 6.45) is -7.63. The van der Waals surface area contributed by atoms with Crippen molar-refractivity contribution in [1.82, 2.24) is 0 Å². The third-order valence-electron chi connectivity index (χ3n) is 1.78. The van der Waals surface area contributed by atoms with E-state index in [9.17, 15) is 22.0 Å². The number of ether oxygens (including phenoxy) is 1. The number of rotatable bonds is 3. The summed E-state index contributed by atoms with van der Waals surface area (Å²) in [6, 6.07) is 4.00. The molecular weight excluding hydrogens is 245 g/mol. The highest BCUT2D eigenvalue weighted by molar-refractivity contribution is 5.43. The van der Waals surface area contributed by atoms with Crippen molar-refractivity contribution in [2.45, 2.75) is 12.6 Å². The lowest BCUT2D eigenvalue weighted by molar-refractivity contribution is -0.139. The average molecular weight is 251 g/mol. The van der Waals surface area contributed by atoms with Gasteiger partial charge in [0.05, 0.1) is 17.2 Å². The molecule has 0 amide bonds. The molecule has 0 aromatic heterocycles. The van der Waals surface area contributed by atoms with Crippen LogP contribution in [0.15, 0.2) is 18.2 Å². The standard InChI is InChI=1S/C10H6F5NO/c11-9(12)5-17-8-2-1-6(4-16)3-7(8)10(13,14)15/h1-3,9H,5H2. The van der Waals surface area contributed by atoms with Gasteiger partial charge in [-0.15, -0.1) is 0 Å². The van der Waals surface area contributed by atoms with E-state index in [1.807, 2.05) is 0 Å². The van der Waals surface area contributed by atoms with Gasteiger partial charge < -0.3 is 4.74 Å². The third kappa shape index (κ3) is 3.59. The number of alkyl halides is 5. The van der Waals surface area contributed by atoms with Gasteiger partial charge in [0.15, 0.2) is 0 Å². The Bertz CT molecular complexity index is 435. The van der Waals surface area contributed by atoms with Gasteiger partial charge in [-0.2, -0.15) is 18.4 Å². The lowest BCUT2D eigenvalue weighted by Crippen LogP contribution is -2.13. The van der Waals surface area contributed by atoms with Crippen molar-refractivity contribution in [3.05, 3.63) is 29.3 Å². The lowest BCUT2D eigenvalue weighted by atomic mass is 10.1. The second-order valence-corrected chi connectivity index (χ2v) is 3.02. The van der Waals surface area contributed by atoms with E-state index in [1.165, 1.54) is 6.07 Å². The van der Waals surface area contributed by atoms with Gasteiger partial charge in [-0.05, 0) is 18.2 Å². The van der Waals surface area contributed by atoms with Crippen LogP contribution in [0.3, 0.4) is 0 Å². The van der Waals surface area contributed by atoms with Crippen LogP contribution in [0, 0.1) is 11.3 Å². The van der Waals surface area contributed by atoms with Crippen LogP contribution in [0.25, 0.3) is 0 Å². The zero-order valence-corrected chi connectivity index (χ0v) is 8.26. The van der Waals surface area contributed by atoms with Gasteiger partial charge in [0, 0.05) is 0 Å². The summed E-state index contributed by atoms with van der Waals surface area (Å²) < 4.78 is 65.6. The first-order valence-electron chi connectivity index (χ1n) is 4.37. The first kappa shape index (κ1) is 13.2. The predicted molar refractivity (Wildman–Crippen MR) is 47.7 cm³/mol. The maximum Gasteiger partial charge on any atom is 0.420 e. The minimum atomic E-state index is -4.76. The van der Waals surface area contributed by atoms with Crippen molar-refractivity contribution in [2.24, 2.45) is 0 Å². The summed E-state index contributed by atoms with van der Waals surface area (Å²) in [5.41, 5.74) is -1.46. The molecule has 0 radical (unpaired) electrons. The van der Waals surface area contributed by atoms with Gasteiger partial charge >= 0.3 is 6.18 Å². The number of halogens is 5. The first-order valence-corrected chi connectivity index (χ1v) is 4.37. The minimum Gasteiger partial charge on any atom is -0.487 e. The molecule has 0 aliphatic rings. The third-order valence-corrected chi connectivity index (χ3v) is 1.78. The van der Waals surface area contributed by atoms with E-state index in [4.69, 9.17) is 5.26 Å². The molecule has 0 fully saturated rings. The number of nitrogens with zero attached hydrogens (tertiary/aromatic N) is 1. The molecule has 0 saturated carbocycles. The van der Waals surface area contributed by atoms with Crippen LogP contribution < -0.4 is 4.74 Å². The zero-order valence-electron chi connectivity index (χ0n) is 8.26. The maximum absolute atomic E-state index is 12.5. The molecule has 0 saturated heterocycles. The molecule has 0 atom stereocenters. The van der Waals surface area contributed by atoms with Crippen molar-refractivity contribution >= 4 is 0 Å². The van der Waals surface area contributed by atoms with Crippen LogP contribution in [-0.2, 0) is 6.18 Å². The molecule has 92 valence electrons. The van der Waals surface area contributed by atoms with Crippen LogP contribution in [0.5, 0.6) is 5.75 Å². The zero-order chi connectivity index (χ0) is 13.1. The quantitative estimate of drug-likeness (QED) is 0.772. The van der Waals surface area contributed by atoms with Crippen LogP contribution in [0.4, 0.5) is 22.0 Å². The topological polar surface area (TPSA) is 33.0 Å². The van der Waals surface area contributed by atoms with Gasteiger partial charge in [0.1, 0.15) is 12.4 Å². The lowest BCUT2D eigenvalue weighted by Gasteiger charge is -2.13. The fraction of sp³-hybridized carbons (Fsp3) is 0.300. The number of hydrogen-bond donors (Lipinski definition) is 0. The van der Waals surface area contributed by atoms with Gasteiger partial charge in [-0.3, -0.25) is 0 Å². The summed E-state index contributed by atoms with van der Waals surface area (Å²) in [6.45, 7) is -1.13. The molecule has 0 spiro atoms. The van der Waals surface area contributed by atoms with E-state index in [2.05, 4.69) is 4.74 Å². The van der Waals surface area contributed by atoms with E-state index in [0.29, 0.717) is 6.07 Å². The number of hydrogen-bond acceptors (Lipinski definition) is 2. The second kappa shape index (κ2) is 4.99. The molecule has 0 aliphatic carbocycles. The van der Waals surface area contributed by atoms with Gasteiger partial charge in [-0.25, -0.2) is 8.78 Å². The van der Waals surface area contributed by atoms with Crippen LogP contribution >= 0.6 is 0 Å². The Kier molecular flexibility index (Phi) is 3.89. The van der Waals surface area contributed by atoms with Crippen LogP contribution in [0.2, 0.25) is 0 Å². The number of nitriles is 1. The summed E-state index contributed by atoms with van der Waals surface area (Å²) in [5, 5.41) is 8.46. The van der Waals surface area contributed by atoms with Crippen molar-refractivity contribution in [1.29, 1.82) is 5.26 Å². The molecule has 0 heterocycles. The highest BCUT2D eigenvalue weighted by atomic mass is 19.4. The normalized spacial score (nSPS) is 11.4. The first-order chi connectivity index (χ1) is 7.84. The van der Waals surface area contributed by atoms with Crippen LogP contribution in [-0.4, -0.2) is 13.0 Å². The summed E-state index contributed by atoms with van der Waals surface area (Å²) in [5.74, 6) is -0.711. The Morgan fingerprint density at radius 1 is 1.29 bits per heavy atom. The average Bonchev–Trinajstić information content (AvgIpc) is 2.24. The summed E-state index contributed by atoms with van der Waals surface area (Å²) >= 11 is 0. The van der Waals surface area contributed by atoms with Crippen LogP contribution in [0.1, 0.15) is 11.1 Å². The van der Waals surface area contributed by atoms with E-state index < -0.39 is 30.5 Å². The van der Waals surface area contributed by atoms with Crippen molar-refractivity contribution < 1.29 is 26.7 Å². The van der Waals surface area contributed by atoms with Gasteiger partial charge in [0.25, 0.3) is 6.43 Å². The molecule has 1 rings (SSSR count). The Labute approximate surface area is 93.2 Å². The molecule has 7 heteroatoms. The smallest absolute Gasteiger partial charge is 0.420 e.